The molecule has 96 valence electrons. The van der Waals surface area contributed by atoms with Crippen LogP contribution in [0.1, 0.15) is 32.1 Å². The molecule has 0 amide bonds. The maximum atomic E-state index is 10.6. The average molecular weight is 238 g/mol. The first-order chi connectivity index (χ1) is 8.24. The molecule has 17 heavy (non-hydrogen) atoms. The summed E-state index contributed by atoms with van der Waals surface area (Å²) in [5.41, 5.74) is 0. The quantitative estimate of drug-likeness (QED) is 0.797. The molecule has 2 unspecified atom stereocenters. The number of carbonyl (C=O) groups is 1. The van der Waals surface area contributed by atoms with E-state index in [0.717, 1.165) is 25.2 Å². The predicted molar refractivity (Wildman–Crippen MR) is 64.9 cm³/mol. The van der Waals surface area contributed by atoms with Crippen LogP contribution in [0.2, 0.25) is 0 Å². The summed E-state index contributed by atoms with van der Waals surface area (Å²) in [7, 11) is 0. The topological polar surface area (TPSA) is 43.8 Å². The largest absolute Gasteiger partial charge is 0.481 e. The van der Waals surface area contributed by atoms with Crippen molar-refractivity contribution in [2.45, 2.75) is 44.2 Å². The second kappa shape index (κ2) is 4.58. The zero-order chi connectivity index (χ0) is 11.8. The highest BCUT2D eigenvalue weighted by Crippen LogP contribution is 2.34. The van der Waals surface area contributed by atoms with Crippen molar-refractivity contribution in [2.24, 2.45) is 5.92 Å². The summed E-state index contributed by atoms with van der Waals surface area (Å²) in [4.78, 5) is 15.8. The van der Waals surface area contributed by atoms with Crippen molar-refractivity contribution < 1.29 is 9.90 Å². The number of nitrogens with zero attached hydrogens (tertiary/aromatic N) is 2. The van der Waals surface area contributed by atoms with Gasteiger partial charge in [-0.2, -0.15) is 0 Å². The maximum absolute atomic E-state index is 10.6. The van der Waals surface area contributed by atoms with Gasteiger partial charge in [0.1, 0.15) is 0 Å². The Kier molecular flexibility index (Phi) is 3.09. The van der Waals surface area contributed by atoms with Crippen molar-refractivity contribution in [1.29, 1.82) is 0 Å². The number of aliphatic carboxylic acids is 1. The molecule has 0 saturated carbocycles. The fourth-order valence-corrected chi connectivity index (χ4v) is 3.90. The third-order valence-corrected chi connectivity index (χ3v) is 4.74. The van der Waals surface area contributed by atoms with Gasteiger partial charge in [-0.05, 0) is 31.7 Å². The number of likely N-dealkylation sites (tertiary alicyclic amines) is 1. The van der Waals surface area contributed by atoms with E-state index in [1.165, 1.54) is 38.8 Å². The van der Waals surface area contributed by atoms with E-state index in [4.69, 9.17) is 5.11 Å². The molecule has 3 heterocycles. The molecule has 0 aromatic rings. The van der Waals surface area contributed by atoms with E-state index in [-0.39, 0.29) is 0 Å². The van der Waals surface area contributed by atoms with Gasteiger partial charge in [-0.3, -0.25) is 14.6 Å². The van der Waals surface area contributed by atoms with Crippen molar-refractivity contribution in [3.63, 3.8) is 0 Å². The molecule has 0 aromatic heterocycles. The van der Waals surface area contributed by atoms with Gasteiger partial charge in [-0.15, -0.1) is 0 Å². The van der Waals surface area contributed by atoms with E-state index >= 15 is 0 Å². The Balaban J connectivity index is 1.51. The molecule has 3 saturated heterocycles. The molecule has 0 bridgehead atoms. The Bertz CT molecular complexity index is 302. The Morgan fingerprint density at radius 3 is 2.59 bits per heavy atom. The number of hydrogen-bond donors (Lipinski definition) is 1. The lowest BCUT2D eigenvalue weighted by Gasteiger charge is -2.46. The molecule has 4 heteroatoms. The van der Waals surface area contributed by atoms with Gasteiger partial charge in [0.15, 0.2) is 0 Å². The summed E-state index contributed by atoms with van der Waals surface area (Å²) in [5.74, 6) is -0.231. The molecule has 3 aliphatic rings. The predicted octanol–water partition coefficient (Wildman–Crippen LogP) is 1.02. The average Bonchev–Trinajstić information content (AvgIpc) is 2.66. The Labute approximate surface area is 103 Å². The number of hydrogen-bond acceptors (Lipinski definition) is 3. The zero-order valence-corrected chi connectivity index (χ0v) is 10.3. The summed E-state index contributed by atoms with van der Waals surface area (Å²) in [6, 6.07) is 1.50. The number of carboxylic acid groups (broad SMARTS) is 1. The molecule has 1 N–H and O–H groups in total. The normalized spacial score (nSPS) is 35.5. The van der Waals surface area contributed by atoms with Gasteiger partial charge in [0, 0.05) is 31.7 Å². The monoisotopic (exact) mass is 238 g/mol. The minimum absolute atomic E-state index is 0.359. The summed E-state index contributed by atoms with van der Waals surface area (Å²) in [5, 5.41) is 8.76. The van der Waals surface area contributed by atoms with Crippen molar-refractivity contribution >= 4 is 5.97 Å². The van der Waals surface area contributed by atoms with Gasteiger partial charge in [-0.1, -0.05) is 6.42 Å². The third-order valence-electron chi connectivity index (χ3n) is 4.74. The second-order valence-electron chi connectivity index (χ2n) is 5.87. The van der Waals surface area contributed by atoms with Crippen LogP contribution in [0.4, 0.5) is 0 Å². The molecular formula is C13H22N2O2. The Morgan fingerprint density at radius 1 is 1.06 bits per heavy atom. The van der Waals surface area contributed by atoms with E-state index in [2.05, 4.69) is 9.80 Å². The first-order valence-electron chi connectivity index (χ1n) is 6.94. The van der Waals surface area contributed by atoms with Crippen LogP contribution in [0.15, 0.2) is 0 Å². The van der Waals surface area contributed by atoms with Gasteiger partial charge in [0.05, 0.1) is 6.42 Å². The fourth-order valence-electron chi connectivity index (χ4n) is 3.90. The standard InChI is InChI=1S/C13H22N2O2/c16-13(17)7-10-8-15(9-10)12-4-6-14-5-2-1-3-11(12)14/h10-12H,1-9H2,(H,16,17). The van der Waals surface area contributed by atoms with Crippen LogP contribution in [0.3, 0.4) is 0 Å². The first kappa shape index (κ1) is 11.5. The van der Waals surface area contributed by atoms with Crippen LogP contribution >= 0.6 is 0 Å². The van der Waals surface area contributed by atoms with Crippen LogP contribution in [0.25, 0.3) is 0 Å². The van der Waals surface area contributed by atoms with Crippen LogP contribution < -0.4 is 0 Å². The lowest BCUT2D eigenvalue weighted by molar-refractivity contribution is -0.140. The van der Waals surface area contributed by atoms with E-state index in [9.17, 15) is 4.79 Å². The number of rotatable bonds is 3. The molecule has 0 aromatic carbocycles. The SMILES string of the molecule is O=C(O)CC1CN(C2CCN3CCCCC23)C1. The van der Waals surface area contributed by atoms with E-state index in [0.29, 0.717) is 12.3 Å². The van der Waals surface area contributed by atoms with Crippen LogP contribution in [0, 0.1) is 5.92 Å². The highest BCUT2D eigenvalue weighted by Gasteiger charge is 2.43. The van der Waals surface area contributed by atoms with Gasteiger partial charge >= 0.3 is 5.97 Å². The van der Waals surface area contributed by atoms with Crippen LogP contribution in [0.5, 0.6) is 0 Å². The van der Waals surface area contributed by atoms with Gasteiger partial charge in [-0.25, -0.2) is 0 Å². The van der Waals surface area contributed by atoms with Gasteiger partial charge < -0.3 is 5.11 Å². The van der Waals surface area contributed by atoms with E-state index < -0.39 is 5.97 Å². The minimum Gasteiger partial charge on any atom is -0.481 e. The molecule has 3 rings (SSSR count). The van der Waals surface area contributed by atoms with Crippen LogP contribution in [-0.4, -0.2) is 59.1 Å². The summed E-state index contributed by atoms with van der Waals surface area (Å²) in [6.45, 7) is 4.58. The van der Waals surface area contributed by atoms with Crippen molar-refractivity contribution in [2.75, 3.05) is 26.2 Å². The third kappa shape index (κ3) is 2.20. The van der Waals surface area contributed by atoms with E-state index in [1.807, 2.05) is 0 Å². The number of piperidine rings is 1. The van der Waals surface area contributed by atoms with Gasteiger partial charge in [0.25, 0.3) is 0 Å². The Hall–Kier alpha value is -0.610. The Morgan fingerprint density at radius 2 is 1.82 bits per heavy atom. The van der Waals surface area contributed by atoms with Crippen LogP contribution in [-0.2, 0) is 4.79 Å². The first-order valence-corrected chi connectivity index (χ1v) is 6.94. The highest BCUT2D eigenvalue weighted by molar-refractivity contribution is 5.67. The molecule has 2 atom stereocenters. The summed E-state index contributed by atoms with van der Waals surface area (Å²) in [6.07, 6.45) is 5.75. The number of carboxylic acids is 1. The maximum Gasteiger partial charge on any atom is 0.303 e. The minimum atomic E-state index is -0.639. The smallest absolute Gasteiger partial charge is 0.303 e. The second-order valence-corrected chi connectivity index (χ2v) is 5.87. The highest BCUT2D eigenvalue weighted by atomic mass is 16.4. The number of fused-ring (bicyclic) bond motifs is 1. The zero-order valence-electron chi connectivity index (χ0n) is 10.3. The molecule has 0 aliphatic carbocycles. The van der Waals surface area contributed by atoms with Gasteiger partial charge in [0.2, 0.25) is 0 Å². The summed E-state index contributed by atoms with van der Waals surface area (Å²) >= 11 is 0. The molecule has 3 aliphatic heterocycles. The fraction of sp³-hybridized carbons (Fsp3) is 0.923. The molecule has 0 spiro atoms. The van der Waals surface area contributed by atoms with Crippen molar-refractivity contribution in [1.82, 2.24) is 9.80 Å². The summed E-state index contributed by atoms with van der Waals surface area (Å²) < 4.78 is 0. The molecular weight excluding hydrogens is 216 g/mol. The van der Waals surface area contributed by atoms with E-state index in [1.54, 1.807) is 0 Å². The molecule has 0 radical (unpaired) electrons. The molecule has 4 nitrogen and oxygen atoms in total. The van der Waals surface area contributed by atoms with Crippen molar-refractivity contribution in [3.8, 4) is 0 Å². The lowest BCUT2D eigenvalue weighted by Crippen LogP contribution is -2.56. The molecule has 3 fully saturated rings. The lowest BCUT2D eigenvalue weighted by atomic mass is 9.90. The van der Waals surface area contributed by atoms with Crippen molar-refractivity contribution in [3.05, 3.63) is 0 Å².